The second-order valence-electron chi connectivity index (χ2n) is 8.97. The molecule has 4 rings (SSSR count). The number of anilines is 1. The number of carbonyl (C=O) groups excluding carboxylic acids is 2. The zero-order valence-electron chi connectivity index (χ0n) is 19.6. The molecule has 8 heteroatoms. The van der Waals surface area contributed by atoms with Crippen LogP contribution >= 0.6 is 11.6 Å². The highest BCUT2D eigenvalue weighted by molar-refractivity contribution is 6.31. The van der Waals surface area contributed by atoms with Crippen molar-refractivity contribution in [3.8, 4) is 0 Å². The minimum atomic E-state index is -0.0205. The van der Waals surface area contributed by atoms with Crippen LogP contribution in [0.15, 0.2) is 36.3 Å². The summed E-state index contributed by atoms with van der Waals surface area (Å²) in [5, 5.41) is 0.671. The molecule has 1 aromatic heterocycles. The zero-order chi connectivity index (χ0) is 23.7. The molecule has 3 heterocycles. The first-order chi connectivity index (χ1) is 15.7. The third-order valence-electron chi connectivity index (χ3n) is 6.55. The first-order valence-electron chi connectivity index (χ1n) is 11.3. The van der Waals surface area contributed by atoms with Gasteiger partial charge in [0.05, 0.1) is 17.0 Å². The molecule has 33 heavy (non-hydrogen) atoms. The van der Waals surface area contributed by atoms with Crippen LogP contribution in [0.1, 0.15) is 40.7 Å². The van der Waals surface area contributed by atoms with Crippen LogP contribution in [-0.2, 0) is 4.79 Å². The number of aromatic nitrogens is 2. The molecule has 1 unspecified atom stereocenters. The monoisotopic (exact) mass is 467 g/mol. The lowest BCUT2D eigenvalue weighted by atomic mass is 10.1. The number of carbonyl (C=O) groups is 2. The van der Waals surface area contributed by atoms with E-state index in [0.29, 0.717) is 29.6 Å². The number of aryl methyl sites for hydroxylation is 3. The molecule has 7 nitrogen and oxygen atoms in total. The summed E-state index contributed by atoms with van der Waals surface area (Å²) < 4.78 is 0. The number of hydrogen-bond acceptors (Lipinski definition) is 5. The van der Waals surface area contributed by atoms with Gasteiger partial charge in [-0.2, -0.15) is 0 Å². The first kappa shape index (κ1) is 23.4. The molecule has 0 saturated carbocycles. The maximum Gasteiger partial charge on any atom is 0.261 e. The normalized spacial score (nSPS) is 17.8. The van der Waals surface area contributed by atoms with Crippen molar-refractivity contribution in [3.63, 3.8) is 0 Å². The Balaban J connectivity index is 1.33. The van der Waals surface area contributed by atoms with Crippen molar-refractivity contribution < 1.29 is 9.59 Å². The Kier molecular flexibility index (Phi) is 6.81. The molecule has 2 aromatic rings. The second kappa shape index (κ2) is 9.61. The van der Waals surface area contributed by atoms with E-state index in [9.17, 15) is 9.59 Å². The lowest BCUT2D eigenvalue weighted by Crippen LogP contribution is -2.34. The average molecular weight is 468 g/mol. The van der Waals surface area contributed by atoms with Gasteiger partial charge in [0.1, 0.15) is 6.33 Å². The molecule has 0 bridgehead atoms. The van der Waals surface area contributed by atoms with E-state index in [-0.39, 0.29) is 11.8 Å². The predicted molar refractivity (Wildman–Crippen MR) is 129 cm³/mol. The van der Waals surface area contributed by atoms with Gasteiger partial charge in [0.25, 0.3) is 5.91 Å². The van der Waals surface area contributed by atoms with Gasteiger partial charge in [-0.3, -0.25) is 14.5 Å². The molecule has 2 aliphatic heterocycles. The van der Waals surface area contributed by atoms with Gasteiger partial charge in [0.2, 0.25) is 5.91 Å². The van der Waals surface area contributed by atoms with Crippen LogP contribution < -0.4 is 4.90 Å². The van der Waals surface area contributed by atoms with Gasteiger partial charge in [0.15, 0.2) is 0 Å². The highest BCUT2D eigenvalue weighted by Crippen LogP contribution is 2.31. The number of nitrogens with zero attached hydrogens (tertiary/aromatic N) is 5. The molecule has 0 N–H and O–H groups in total. The molecule has 1 saturated heterocycles. The van der Waals surface area contributed by atoms with E-state index in [1.165, 1.54) is 11.9 Å². The van der Waals surface area contributed by atoms with E-state index >= 15 is 0 Å². The molecule has 2 aliphatic rings. The highest BCUT2D eigenvalue weighted by atomic mass is 35.5. The van der Waals surface area contributed by atoms with E-state index in [4.69, 9.17) is 11.6 Å². The third-order valence-corrected chi connectivity index (χ3v) is 6.96. The molecule has 1 atom stereocenters. The van der Waals surface area contributed by atoms with E-state index in [1.54, 1.807) is 11.8 Å². The summed E-state index contributed by atoms with van der Waals surface area (Å²) in [6.45, 7) is 11.3. The largest absolute Gasteiger partial charge is 0.314 e. The van der Waals surface area contributed by atoms with Crippen LogP contribution in [0.25, 0.3) is 0 Å². The van der Waals surface area contributed by atoms with Crippen LogP contribution in [0.3, 0.4) is 0 Å². The summed E-state index contributed by atoms with van der Waals surface area (Å²) in [4.78, 5) is 39.6. The summed E-state index contributed by atoms with van der Waals surface area (Å²) in [5.41, 5.74) is 5.17. The predicted octanol–water partition coefficient (Wildman–Crippen LogP) is 3.77. The molecular formula is C25H30ClN5O2. The standard InChI is InChI=1S/C25H30ClN5O2/c1-16-6-7-22(10-23(16)26)31(19(4)32)9-5-8-29-11-20-13-30(14-21(20)12-29)25(33)24-17(2)27-15-28-18(24)3/h6-7,10,13,15,21H,5,8-9,11-12,14H2,1-4H3. The molecule has 0 aliphatic carbocycles. The summed E-state index contributed by atoms with van der Waals surface area (Å²) in [5.74, 6) is 0.354. The number of fused-ring (bicyclic) bond motifs is 1. The van der Waals surface area contributed by atoms with Crippen molar-refractivity contribution in [2.45, 2.75) is 34.1 Å². The molecule has 0 spiro atoms. The molecule has 174 valence electrons. The fourth-order valence-electron chi connectivity index (χ4n) is 4.72. The van der Waals surface area contributed by atoms with Crippen LogP contribution in [0.4, 0.5) is 5.69 Å². The van der Waals surface area contributed by atoms with Crippen molar-refractivity contribution >= 4 is 29.1 Å². The fraction of sp³-hybridized carbons (Fsp3) is 0.440. The fourth-order valence-corrected chi connectivity index (χ4v) is 4.90. The molecular weight excluding hydrogens is 438 g/mol. The Morgan fingerprint density at radius 3 is 2.52 bits per heavy atom. The minimum Gasteiger partial charge on any atom is -0.314 e. The quantitative estimate of drug-likeness (QED) is 0.646. The summed E-state index contributed by atoms with van der Waals surface area (Å²) in [7, 11) is 0. The van der Waals surface area contributed by atoms with Gasteiger partial charge >= 0.3 is 0 Å². The van der Waals surface area contributed by atoms with E-state index < -0.39 is 0 Å². The van der Waals surface area contributed by atoms with Gasteiger partial charge < -0.3 is 9.80 Å². The van der Waals surface area contributed by atoms with Gasteiger partial charge in [-0.15, -0.1) is 0 Å². The van der Waals surface area contributed by atoms with Crippen molar-refractivity contribution in [2.24, 2.45) is 5.92 Å². The third kappa shape index (κ3) is 4.94. The Morgan fingerprint density at radius 1 is 1.15 bits per heavy atom. The van der Waals surface area contributed by atoms with Crippen LogP contribution in [-0.4, -0.2) is 64.3 Å². The van der Waals surface area contributed by atoms with E-state index in [2.05, 4.69) is 14.9 Å². The van der Waals surface area contributed by atoms with Gasteiger partial charge in [-0.05, 0) is 50.5 Å². The van der Waals surface area contributed by atoms with Gasteiger partial charge in [-0.25, -0.2) is 9.97 Å². The Hall–Kier alpha value is -2.77. The van der Waals surface area contributed by atoms with E-state index in [1.807, 2.05) is 50.1 Å². The zero-order valence-corrected chi connectivity index (χ0v) is 20.4. The molecule has 0 radical (unpaired) electrons. The maximum atomic E-state index is 13.0. The lowest BCUT2D eigenvalue weighted by Gasteiger charge is -2.24. The first-order valence-corrected chi connectivity index (χ1v) is 11.7. The SMILES string of the molecule is CC(=O)N(CCCN1CC2=CN(C(=O)c3c(C)ncnc3C)CC2C1)c1ccc(C)c(Cl)c1. The van der Waals surface area contributed by atoms with Crippen molar-refractivity contribution in [1.29, 1.82) is 0 Å². The minimum absolute atomic E-state index is 0.0144. The highest BCUT2D eigenvalue weighted by Gasteiger charge is 2.36. The molecule has 1 aromatic carbocycles. The number of halogens is 1. The van der Waals surface area contributed by atoms with Gasteiger partial charge in [-0.1, -0.05) is 17.7 Å². The Bertz CT molecular complexity index is 1100. The van der Waals surface area contributed by atoms with Crippen LogP contribution in [0.2, 0.25) is 5.02 Å². The number of rotatable bonds is 6. The van der Waals surface area contributed by atoms with Crippen molar-refractivity contribution in [1.82, 2.24) is 19.8 Å². The Morgan fingerprint density at radius 2 is 1.88 bits per heavy atom. The number of hydrogen-bond donors (Lipinski definition) is 0. The van der Waals surface area contributed by atoms with Crippen molar-refractivity contribution in [3.05, 3.63) is 63.8 Å². The molecule has 2 amide bonds. The van der Waals surface area contributed by atoms with Gasteiger partial charge in [0, 0.05) is 62.5 Å². The Labute approximate surface area is 200 Å². The number of benzene rings is 1. The summed E-state index contributed by atoms with van der Waals surface area (Å²) >= 11 is 6.26. The number of amides is 2. The van der Waals surface area contributed by atoms with Crippen LogP contribution in [0, 0.1) is 26.7 Å². The number of likely N-dealkylation sites (tertiary alicyclic amines) is 1. The maximum absolute atomic E-state index is 13.0. The summed E-state index contributed by atoms with van der Waals surface area (Å²) in [6, 6.07) is 5.75. The smallest absolute Gasteiger partial charge is 0.261 e. The summed E-state index contributed by atoms with van der Waals surface area (Å²) in [6.07, 6.45) is 4.37. The van der Waals surface area contributed by atoms with Crippen molar-refractivity contribution in [2.75, 3.05) is 37.6 Å². The average Bonchev–Trinajstić information content (AvgIpc) is 3.32. The van der Waals surface area contributed by atoms with Crippen LogP contribution in [0.5, 0.6) is 0 Å². The second-order valence-corrected chi connectivity index (χ2v) is 9.38. The van der Waals surface area contributed by atoms with E-state index in [0.717, 1.165) is 48.7 Å². The topological polar surface area (TPSA) is 69.6 Å². The lowest BCUT2D eigenvalue weighted by molar-refractivity contribution is -0.116. The molecule has 1 fully saturated rings.